The molecule has 0 aromatic carbocycles. The van der Waals surface area contributed by atoms with Crippen molar-refractivity contribution in [2.75, 3.05) is 26.2 Å². The Hall–Kier alpha value is -0.0800. The van der Waals surface area contributed by atoms with Gasteiger partial charge in [0.05, 0.1) is 0 Å². The summed E-state index contributed by atoms with van der Waals surface area (Å²) in [6.45, 7) is 9.92. The van der Waals surface area contributed by atoms with Crippen LogP contribution in [-0.2, 0) is 0 Å². The molecule has 0 radical (unpaired) electrons. The van der Waals surface area contributed by atoms with Gasteiger partial charge in [-0.15, -0.1) is 0 Å². The average Bonchev–Trinajstić information content (AvgIpc) is 2.49. The smallest absolute Gasteiger partial charge is 0.0120 e. The molecule has 0 saturated carbocycles. The zero-order valence-electron chi connectivity index (χ0n) is 8.92. The third kappa shape index (κ3) is 2.05. The van der Waals surface area contributed by atoms with Crippen LogP contribution in [0.1, 0.15) is 26.7 Å². The van der Waals surface area contributed by atoms with E-state index in [1.807, 2.05) is 0 Å². The van der Waals surface area contributed by atoms with Crippen molar-refractivity contribution >= 4 is 0 Å². The zero-order chi connectivity index (χ0) is 9.26. The lowest BCUT2D eigenvalue weighted by Gasteiger charge is -2.31. The Labute approximate surface area is 81.7 Å². The highest BCUT2D eigenvalue weighted by molar-refractivity contribution is 4.85. The number of nitrogens with one attached hydrogen (secondary N) is 1. The molecule has 2 fully saturated rings. The van der Waals surface area contributed by atoms with Crippen LogP contribution in [0.3, 0.4) is 0 Å². The molecule has 0 aliphatic carbocycles. The van der Waals surface area contributed by atoms with Crippen LogP contribution in [0.25, 0.3) is 0 Å². The van der Waals surface area contributed by atoms with E-state index in [9.17, 15) is 0 Å². The predicted molar refractivity (Wildman–Crippen MR) is 55.8 cm³/mol. The average molecular weight is 182 g/mol. The van der Waals surface area contributed by atoms with Crippen LogP contribution < -0.4 is 5.32 Å². The maximum atomic E-state index is 3.43. The maximum absolute atomic E-state index is 3.43. The lowest BCUT2D eigenvalue weighted by atomic mass is 10.0. The Morgan fingerprint density at radius 1 is 1.00 bits per heavy atom. The summed E-state index contributed by atoms with van der Waals surface area (Å²) in [4.78, 5) is 2.72. The van der Waals surface area contributed by atoms with E-state index in [0.717, 1.165) is 17.9 Å². The first kappa shape index (κ1) is 9.47. The van der Waals surface area contributed by atoms with Gasteiger partial charge in [-0.2, -0.15) is 0 Å². The van der Waals surface area contributed by atoms with Gasteiger partial charge in [0, 0.05) is 19.1 Å². The van der Waals surface area contributed by atoms with E-state index in [1.165, 1.54) is 39.0 Å². The van der Waals surface area contributed by atoms with Crippen molar-refractivity contribution in [3.8, 4) is 0 Å². The molecular weight excluding hydrogens is 160 g/mol. The van der Waals surface area contributed by atoms with Crippen LogP contribution in [0.5, 0.6) is 0 Å². The van der Waals surface area contributed by atoms with E-state index in [2.05, 4.69) is 24.1 Å². The molecule has 2 atom stereocenters. The van der Waals surface area contributed by atoms with Crippen LogP contribution in [0.4, 0.5) is 0 Å². The van der Waals surface area contributed by atoms with Gasteiger partial charge in [-0.1, -0.05) is 13.8 Å². The number of rotatable bonds is 1. The summed E-state index contributed by atoms with van der Waals surface area (Å²) in [6.07, 6.45) is 2.72. The summed E-state index contributed by atoms with van der Waals surface area (Å²) in [5.41, 5.74) is 0. The highest BCUT2D eigenvalue weighted by Gasteiger charge is 2.31. The molecule has 76 valence electrons. The highest BCUT2D eigenvalue weighted by Crippen LogP contribution is 2.26. The van der Waals surface area contributed by atoms with Crippen molar-refractivity contribution in [1.29, 1.82) is 0 Å². The van der Waals surface area contributed by atoms with Gasteiger partial charge in [0.1, 0.15) is 0 Å². The van der Waals surface area contributed by atoms with Crippen LogP contribution in [0.2, 0.25) is 0 Å². The summed E-state index contributed by atoms with van der Waals surface area (Å²) in [5, 5.41) is 3.43. The maximum Gasteiger partial charge on any atom is 0.0120 e. The predicted octanol–water partition coefficient (Wildman–Crippen LogP) is 1.33. The van der Waals surface area contributed by atoms with Crippen molar-refractivity contribution in [2.45, 2.75) is 32.7 Å². The first-order chi connectivity index (χ1) is 6.27. The van der Waals surface area contributed by atoms with E-state index < -0.39 is 0 Å². The molecule has 2 nitrogen and oxygen atoms in total. The molecule has 13 heavy (non-hydrogen) atoms. The molecule has 0 aromatic heterocycles. The number of nitrogens with zero attached hydrogens (tertiary/aromatic N) is 1. The molecule has 2 aliphatic rings. The SMILES string of the molecule is CC1CN(C2CCNCC2)CC1C. The second-order valence-corrected chi connectivity index (χ2v) is 4.89. The Balaban J connectivity index is 1.87. The Morgan fingerprint density at radius 3 is 2.08 bits per heavy atom. The van der Waals surface area contributed by atoms with Gasteiger partial charge in [0.2, 0.25) is 0 Å². The first-order valence-electron chi connectivity index (χ1n) is 5.72. The third-order valence-electron chi connectivity index (χ3n) is 3.84. The van der Waals surface area contributed by atoms with Crippen LogP contribution >= 0.6 is 0 Å². The third-order valence-corrected chi connectivity index (χ3v) is 3.84. The van der Waals surface area contributed by atoms with Gasteiger partial charge >= 0.3 is 0 Å². The minimum absolute atomic E-state index is 0.883. The standard InChI is InChI=1S/C11H22N2/c1-9-7-13(8-10(9)2)11-3-5-12-6-4-11/h9-12H,3-8H2,1-2H3. The van der Waals surface area contributed by atoms with Gasteiger partial charge in [-0.05, 0) is 37.8 Å². The van der Waals surface area contributed by atoms with Gasteiger partial charge in [0.15, 0.2) is 0 Å². The van der Waals surface area contributed by atoms with Crippen molar-refractivity contribution < 1.29 is 0 Å². The minimum atomic E-state index is 0.883. The quantitative estimate of drug-likeness (QED) is 0.658. The second kappa shape index (κ2) is 3.97. The summed E-state index contributed by atoms with van der Waals surface area (Å²) >= 11 is 0. The Morgan fingerprint density at radius 2 is 1.54 bits per heavy atom. The van der Waals surface area contributed by atoms with Crippen molar-refractivity contribution in [3.63, 3.8) is 0 Å². The van der Waals surface area contributed by atoms with Gasteiger partial charge < -0.3 is 5.32 Å². The zero-order valence-corrected chi connectivity index (χ0v) is 8.92. The van der Waals surface area contributed by atoms with Crippen molar-refractivity contribution in [1.82, 2.24) is 10.2 Å². The summed E-state index contributed by atoms with van der Waals surface area (Å²) in [7, 11) is 0. The minimum Gasteiger partial charge on any atom is -0.317 e. The molecule has 0 aromatic rings. The van der Waals surface area contributed by atoms with E-state index in [0.29, 0.717) is 0 Å². The van der Waals surface area contributed by atoms with Crippen LogP contribution in [-0.4, -0.2) is 37.1 Å². The van der Waals surface area contributed by atoms with E-state index in [1.54, 1.807) is 0 Å². The molecule has 0 amide bonds. The molecule has 2 heterocycles. The lowest BCUT2D eigenvalue weighted by molar-refractivity contribution is 0.191. The van der Waals surface area contributed by atoms with E-state index in [4.69, 9.17) is 0 Å². The molecular formula is C11H22N2. The molecule has 2 aliphatic heterocycles. The fourth-order valence-corrected chi connectivity index (χ4v) is 2.64. The molecule has 1 N–H and O–H groups in total. The second-order valence-electron chi connectivity index (χ2n) is 4.89. The number of likely N-dealkylation sites (tertiary alicyclic amines) is 1. The van der Waals surface area contributed by atoms with Crippen LogP contribution in [0.15, 0.2) is 0 Å². The largest absolute Gasteiger partial charge is 0.317 e. The molecule has 0 spiro atoms. The molecule has 2 heteroatoms. The molecule has 2 unspecified atom stereocenters. The fourth-order valence-electron chi connectivity index (χ4n) is 2.64. The van der Waals surface area contributed by atoms with Crippen LogP contribution in [0, 0.1) is 11.8 Å². The topological polar surface area (TPSA) is 15.3 Å². The lowest BCUT2D eigenvalue weighted by Crippen LogP contribution is -2.42. The Bertz CT molecular complexity index is 153. The van der Waals surface area contributed by atoms with E-state index in [-0.39, 0.29) is 0 Å². The first-order valence-corrected chi connectivity index (χ1v) is 5.72. The van der Waals surface area contributed by atoms with E-state index >= 15 is 0 Å². The van der Waals surface area contributed by atoms with Crippen molar-refractivity contribution in [3.05, 3.63) is 0 Å². The van der Waals surface area contributed by atoms with Gasteiger partial charge in [0.25, 0.3) is 0 Å². The summed E-state index contributed by atoms with van der Waals surface area (Å²) in [6, 6.07) is 0.883. The molecule has 0 bridgehead atoms. The number of piperidine rings is 1. The molecule has 2 saturated heterocycles. The molecule has 2 rings (SSSR count). The Kier molecular flexibility index (Phi) is 2.89. The number of hydrogen-bond donors (Lipinski definition) is 1. The highest BCUT2D eigenvalue weighted by atomic mass is 15.2. The number of hydrogen-bond acceptors (Lipinski definition) is 2. The van der Waals surface area contributed by atoms with Crippen molar-refractivity contribution in [2.24, 2.45) is 11.8 Å². The fraction of sp³-hybridized carbons (Fsp3) is 1.00. The van der Waals surface area contributed by atoms with Gasteiger partial charge in [-0.25, -0.2) is 0 Å². The monoisotopic (exact) mass is 182 g/mol. The summed E-state index contributed by atoms with van der Waals surface area (Å²) in [5.74, 6) is 1.82. The normalized spacial score (nSPS) is 38.3. The summed E-state index contributed by atoms with van der Waals surface area (Å²) < 4.78 is 0. The van der Waals surface area contributed by atoms with Gasteiger partial charge in [-0.3, -0.25) is 4.90 Å².